The minimum absolute atomic E-state index is 0.277. The minimum atomic E-state index is 0.277. The smallest absolute Gasteiger partial charge is 0.231 e. The molecule has 5 heteroatoms. The highest BCUT2D eigenvalue weighted by Crippen LogP contribution is 2.38. The van der Waals surface area contributed by atoms with Gasteiger partial charge in [0, 0.05) is 4.88 Å². The second-order valence-electron chi connectivity index (χ2n) is 3.91. The van der Waals surface area contributed by atoms with Gasteiger partial charge in [-0.25, -0.2) is 0 Å². The molecule has 1 unspecified atom stereocenters. The van der Waals surface area contributed by atoms with Crippen LogP contribution in [-0.2, 0) is 12.3 Å². The Hall–Kier alpha value is -0.870. The third kappa shape index (κ3) is 1.66. The molecule has 0 saturated heterocycles. The molecule has 84 valence electrons. The topological polar surface area (TPSA) is 38.9 Å². The van der Waals surface area contributed by atoms with Crippen molar-refractivity contribution in [1.82, 2.24) is 10.2 Å². The quantitative estimate of drug-likeness (QED) is 0.772. The van der Waals surface area contributed by atoms with E-state index in [0.29, 0.717) is 5.89 Å². The summed E-state index contributed by atoms with van der Waals surface area (Å²) in [5.74, 6) is 1.80. The Kier molecular flexibility index (Phi) is 2.69. The van der Waals surface area contributed by atoms with Crippen molar-refractivity contribution in [2.24, 2.45) is 0 Å². The van der Waals surface area contributed by atoms with Crippen LogP contribution in [0.25, 0.3) is 0 Å². The fourth-order valence-corrected chi connectivity index (χ4v) is 3.30. The van der Waals surface area contributed by atoms with Crippen molar-refractivity contribution in [3.8, 4) is 0 Å². The zero-order valence-electron chi connectivity index (χ0n) is 8.65. The minimum Gasteiger partial charge on any atom is -0.423 e. The summed E-state index contributed by atoms with van der Waals surface area (Å²) >= 11 is 7.48. The van der Waals surface area contributed by atoms with Crippen LogP contribution >= 0.6 is 22.9 Å². The maximum Gasteiger partial charge on any atom is 0.231 e. The van der Waals surface area contributed by atoms with Crippen LogP contribution in [0.5, 0.6) is 0 Å². The summed E-state index contributed by atoms with van der Waals surface area (Å²) in [6.45, 7) is 0. The van der Waals surface area contributed by atoms with E-state index in [1.807, 2.05) is 11.3 Å². The van der Waals surface area contributed by atoms with Gasteiger partial charge < -0.3 is 4.42 Å². The summed E-state index contributed by atoms with van der Waals surface area (Å²) in [5.41, 5.74) is 1.36. The van der Waals surface area contributed by atoms with Crippen LogP contribution in [0.3, 0.4) is 0 Å². The first-order valence-electron chi connectivity index (χ1n) is 5.33. The third-order valence-corrected chi connectivity index (χ3v) is 4.17. The Balaban J connectivity index is 1.97. The van der Waals surface area contributed by atoms with E-state index in [1.165, 1.54) is 23.3 Å². The van der Waals surface area contributed by atoms with Crippen molar-refractivity contribution in [3.05, 3.63) is 33.7 Å². The van der Waals surface area contributed by atoms with E-state index in [4.69, 9.17) is 16.0 Å². The van der Waals surface area contributed by atoms with Crippen LogP contribution in [0.4, 0.5) is 0 Å². The SMILES string of the molecule is ClCc1nnc(C2CCCc3sccc32)o1. The number of fused-ring (bicyclic) bond motifs is 1. The number of aryl methyl sites for hydroxylation is 1. The first-order valence-corrected chi connectivity index (χ1v) is 6.74. The Morgan fingerprint density at radius 1 is 1.50 bits per heavy atom. The van der Waals surface area contributed by atoms with Crippen LogP contribution in [0.1, 0.15) is 41.0 Å². The number of nitrogens with zero attached hydrogens (tertiary/aromatic N) is 2. The average Bonchev–Trinajstić information content (AvgIpc) is 2.97. The molecule has 0 fully saturated rings. The molecule has 3 nitrogen and oxygen atoms in total. The molecule has 0 bridgehead atoms. The van der Waals surface area contributed by atoms with E-state index in [9.17, 15) is 0 Å². The van der Waals surface area contributed by atoms with Gasteiger partial charge in [0.2, 0.25) is 11.8 Å². The number of aromatic nitrogens is 2. The normalized spacial score (nSPS) is 19.7. The summed E-state index contributed by atoms with van der Waals surface area (Å²) in [4.78, 5) is 1.46. The molecule has 1 aliphatic carbocycles. The number of halogens is 1. The molecule has 0 N–H and O–H groups in total. The summed E-state index contributed by atoms with van der Waals surface area (Å²) < 4.78 is 5.55. The molecule has 0 aromatic carbocycles. The van der Waals surface area contributed by atoms with Crippen molar-refractivity contribution in [2.45, 2.75) is 31.1 Å². The van der Waals surface area contributed by atoms with Gasteiger partial charge in [-0.2, -0.15) is 0 Å². The van der Waals surface area contributed by atoms with E-state index in [0.717, 1.165) is 12.3 Å². The lowest BCUT2D eigenvalue weighted by Crippen LogP contribution is -2.08. The zero-order valence-corrected chi connectivity index (χ0v) is 10.2. The molecular weight excluding hydrogens is 244 g/mol. The van der Waals surface area contributed by atoms with Crippen molar-refractivity contribution >= 4 is 22.9 Å². The molecular formula is C11H11ClN2OS. The number of alkyl halides is 1. The molecule has 0 radical (unpaired) electrons. The third-order valence-electron chi connectivity index (χ3n) is 2.95. The summed E-state index contributed by atoms with van der Waals surface area (Å²) in [6.07, 6.45) is 3.46. The second-order valence-corrected chi connectivity index (χ2v) is 5.18. The van der Waals surface area contributed by atoms with Gasteiger partial charge in [0.1, 0.15) is 5.88 Å². The van der Waals surface area contributed by atoms with E-state index in [1.54, 1.807) is 0 Å². The molecule has 0 aliphatic heterocycles. The van der Waals surface area contributed by atoms with Gasteiger partial charge in [0.05, 0.1) is 5.92 Å². The monoisotopic (exact) mass is 254 g/mol. The van der Waals surface area contributed by atoms with Gasteiger partial charge in [-0.1, -0.05) is 0 Å². The Morgan fingerprint density at radius 3 is 3.25 bits per heavy atom. The highest BCUT2D eigenvalue weighted by molar-refractivity contribution is 7.10. The molecule has 2 aromatic rings. The number of hydrogen-bond acceptors (Lipinski definition) is 4. The molecule has 3 rings (SSSR count). The molecule has 0 amide bonds. The van der Waals surface area contributed by atoms with E-state index >= 15 is 0 Å². The molecule has 2 heterocycles. The largest absolute Gasteiger partial charge is 0.423 e. The molecule has 1 atom stereocenters. The molecule has 16 heavy (non-hydrogen) atoms. The zero-order chi connectivity index (χ0) is 11.0. The number of rotatable bonds is 2. The van der Waals surface area contributed by atoms with Crippen molar-refractivity contribution in [3.63, 3.8) is 0 Å². The van der Waals surface area contributed by atoms with Gasteiger partial charge in [-0.3, -0.25) is 0 Å². The van der Waals surface area contributed by atoms with Crippen LogP contribution in [0, 0.1) is 0 Å². The lowest BCUT2D eigenvalue weighted by atomic mass is 9.88. The highest BCUT2D eigenvalue weighted by atomic mass is 35.5. The van der Waals surface area contributed by atoms with Gasteiger partial charge in [0.25, 0.3) is 0 Å². The first-order chi connectivity index (χ1) is 7.88. The average molecular weight is 255 g/mol. The van der Waals surface area contributed by atoms with Crippen LogP contribution in [0.2, 0.25) is 0 Å². The molecule has 2 aromatic heterocycles. The van der Waals surface area contributed by atoms with Gasteiger partial charge in [-0.15, -0.1) is 33.1 Å². The predicted molar refractivity (Wildman–Crippen MR) is 63.0 cm³/mol. The van der Waals surface area contributed by atoms with Crippen LogP contribution < -0.4 is 0 Å². The van der Waals surface area contributed by atoms with Gasteiger partial charge in [-0.05, 0) is 36.3 Å². The van der Waals surface area contributed by atoms with Gasteiger partial charge >= 0.3 is 0 Å². The molecule has 1 aliphatic rings. The highest BCUT2D eigenvalue weighted by Gasteiger charge is 2.26. The van der Waals surface area contributed by atoms with E-state index in [2.05, 4.69) is 21.6 Å². The van der Waals surface area contributed by atoms with Crippen molar-refractivity contribution in [2.75, 3.05) is 0 Å². The van der Waals surface area contributed by atoms with Crippen LogP contribution in [0.15, 0.2) is 15.9 Å². The fraction of sp³-hybridized carbons (Fsp3) is 0.455. The molecule has 0 saturated carbocycles. The Bertz CT molecular complexity index is 494. The van der Waals surface area contributed by atoms with Crippen LogP contribution in [-0.4, -0.2) is 10.2 Å². The lowest BCUT2D eigenvalue weighted by Gasteiger charge is -2.18. The second kappa shape index (κ2) is 4.18. The fourth-order valence-electron chi connectivity index (χ4n) is 2.20. The number of hydrogen-bond donors (Lipinski definition) is 0. The maximum absolute atomic E-state index is 5.66. The number of thiophene rings is 1. The first kappa shape index (κ1) is 10.3. The van der Waals surface area contributed by atoms with E-state index < -0.39 is 0 Å². The maximum atomic E-state index is 5.66. The Morgan fingerprint density at radius 2 is 2.44 bits per heavy atom. The van der Waals surface area contributed by atoms with Gasteiger partial charge in [0.15, 0.2) is 0 Å². The van der Waals surface area contributed by atoms with Crippen molar-refractivity contribution in [1.29, 1.82) is 0 Å². The Labute approximate surface area is 102 Å². The summed E-state index contributed by atoms with van der Waals surface area (Å²) in [6, 6.07) is 2.17. The standard InChI is InChI=1S/C11H11ClN2OS/c12-6-10-13-14-11(15-10)8-2-1-3-9-7(8)4-5-16-9/h4-5,8H,1-3,6H2. The predicted octanol–water partition coefficient (Wildman–Crippen LogP) is 3.34. The lowest BCUT2D eigenvalue weighted by molar-refractivity contribution is 0.424. The molecule has 0 spiro atoms. The summed E-state index contributed by atoms with van der Waals surface area (Å²) in [5, 5.41) is 10.2. The van der Waals surface area contributed by atoms with Crippen molar-refractivity contribution < 1.29 is 4.42 Å². The summed E-state index contributed by atoms with van der Waals surface area (Å²) in [7, 11) is 0. The van der Waals surface area contributed by atoms with E-state index in [-0.39, 0.29) is 11.8 Å².